The fourth-order valence-corrected chi connectivity index (χ4v) is 2.08. The number of rotatable bonds is 5. The highest BCUT2D eigenvalue weighted by molar-refractivity contribution is 5.83. The number of nitrogens with one attached hydrogen (secondary N) is 2. The first kappa shape index (κ1) is 12.7. The molecule has 20 heavy (non-hydrogen) atoms. The van der Waals surface area contributed by atoms with Crippen molar-refractivity contribution < 1.29 is 4.79 Å². The minimum Gasteiger partial charge on any atom is -0.372 e. The lowest BCUT2D eigenvalue weighted by atomic mass is 10.4. The van der Waals surface area contributed by atoms with E-state index >= 15 is 0 Å². The second-order valence-electron chi connectivity index (χ2n) is 5.06. The molecule has 1 amide bonds. The van der Waals surface area contributed by atoms with Crippen LogP contribution in [0.1, 0.15) is 12.8 Å². The Morgan fingerprint density at radius 2 is 2.35 bits per heavy atom. The molecule has 0 unspecified atom stereocenters. The standard InChI is InChI=1S/C13H18N6O/c1-14-10-7-19-6-5-15-12(19)13(17-10)18(2)8-11(20)16-9-3-4-9/h5-7,9,14H,3-4,8H2,1-2H3,(H,16,20). The molecule has 0 spiro atoms. The van der Waals surface area contributed by atoms with Crippen molar-refractivity contribution in [2.75, 3.05) is 30.9 Å². The summed E-state index contributed by atoms with van der Waals surface area (Å²) in [6.45, 7) is 0.277. The van der Waals surface area contributed by atoms with Crippen LogP contribution in [-0.2, 0) is 4.79 Å². The van der Waals surface area contributed by atoms with Gasteiger partial charge in [0, 0.05) is 32.5 Å². The van der Waals surface area contributed by atoms with E-state index in [1.807, 2.05) is 35.8 Å². The maximum absolute atomic E-state index is 11.9. The Morgan fingerprint density at radius 1 is 1.55 bits per heavy atom. The first-order valence-corrected chi connectivity index (χ1v) is 6.69. The second kappa shape index (κ2) is 4.99. The average molecular weight is 274 g/mol. The molecule has 106 valence electrons. The molecule has 7 heteroatoms. The van der Waals surface area contributed by atoms with Gasteiger partial charge >= 0.3 is 0 Å². The molecule has 1 fully saturated rings. The molecule has 0 bridgehead atoms. The summed E-state index contributed by atoms with van der Waals surface area (Å²) in [6.07, 6.45) is 7.63. The molecule has 0 saturated heterocycles. The van der Waals surface area contributed by atoms with Crippen LogP contribution >= 0.6 is 0 Å². The molecule has 0 radical (unpaired) electrons. The van der Waals surface area contributed by atoms with Crippen LogP contribution in [0.2, 0.25) is 0 Å². The smallest absolute Gasteiger partial charge is 0.239 e. The van der Waals surface area contributed by atoms with Crippen LogP contribution in [0.4, 0.5) is 11.6 Å². The van der Waals surface area contributed by atoms with Crippen molar-refractivity contribution in [1.82, 2.24) is 19.7 Å². The summed E-state index contributed by atoms with van der Waals surface area (Å²) in [4.78, 5) is 22.5. The molecule has 0 aromatic carbocycles. The monoisotopic (exact) mass is 274 g/mol. The van der Waals surface area contributed by atoms with E-state index in [2.05, 4.69) is 20.6 Å². The van der Waals surface area contributed by atoms with Crippen molar-refractivity contribution in [2.45, 2.75) is 18.9 Å². The van der Waals surface area contributed by atoms with Crippen LogP contribution in [-0.4, -0.2) is 47.0 Å². The number of hydrogen-bond acceptors (Lipinski definition) is 5. The van der Waals surface area contributed by atoms with E-state index in [1.165, 1.54) is 0 Å². The lowest BCUT2D eigenvalue weighted by Crippen LogP contribution is -2.36. The lowest BCUT2D eigenvalue weighted by molar-refractivity contribution is -0.119. The Morgan fingerprint density at radius 3 is 3.05 bits per heavy atom. The molecule has 2 aromatic heterocycles. The fraction of sp³-hybridized carbons (Fsp3) is 0.462. The van der Waals surface area contributed by atoms with Crippen LogP contribution < -0.4 is 15.5 Å². The Kier molecular flexibility index (Phi) is 3.17. The molecule has 2 aromatic rings. The molecular weight excluding hydrogens is 256 g/mol. The second-order valence-corrected chi connectivity index (χ2v) is 5.06. The summed E-state index contributed by atoms with van der Waals surface area (Å²) in [7, 11) is 3.66. The third kappa shape index (κ3) is 2.52. The normalized spacial score (nSPS) is 14.3. The topological polar surface area (TPSA) is 74.6 Å². The molecule has 3 rings (SSSR count). The van der Waals surface area contributed by atoms with Crippen molar-refractivity contribution in [2.24, 2.45) is 0 Å². The van der Waals surface area contributed by atoms with Crippen molar-refractivity contribution in [3.8, 4) is 0 Å². The van der Waals surface area contributed by atoms with Gasteiger partial charge in [0.05, 0.1) is 12.7 Å². The number of nitrogens with zero attached hydrogens (tertiary/aromatic N) is 4. The van der Waals surface area contributed by atoms with Gasteiger partial charge < -0.3 is 19.9 Å². The maximum atomic E-state index is 11.9. The van der Waals surface area contributed by atoms with E-state index in [4.69, 9.17) is 0 Å². The van der Waals surface area contributed by atoms with Gasteiger partial charge in [0.25, 0.3) is 0 Å². The van der Waals surface area contributed by atoms with Gasteiger partial charge in [0.15, 0.2) is 11.5 Å². The zero-order valence-electron chi connectivity index (χ0n) is 11.6. The van der Waals surface area contributed by atoms with E-state index in [-0.39, 0.29) is 12.5 Å². The van der Waals surface area contributed by atoms with Crippen LogP contribution in [0.15, 0.2) is 18.6 Å². The number of hydrogen-bond donors (Lipinski definition) is 2. The van der Waals surface area contributed by atoms with Gasteiger partial charge in [-0.15, -0.1) is 0 Å². The highest BCUT2D eigenvalue weighted by Gasteiger charge is 2.24. The third-order valence-corrected chi connectivity index (χ3v) is 3.30. The zero-order valence-corrected chi connectivity index (χ0v) is 11.6. The van der Waals surface area contributed by atoms with Crippen molar-refractivity contribution in [3.63, 3.8) is 0 Å². The molecule has 1 aliphatic rings. The van der Waals surface area contributed by atoms with Gasteiger partial charge in [0.2, 0.25) is 5.91 Å². The van der Waals surface area contributed by atoms with E-state index in [0.717, 1.165) is 24.3 Å². The van der Waals surface area contributed by atoms with Gasteiger partial charge in [-0.1, -0.05) is 0 Å². The number of likely N-dealkylation sites (N-methyl/N-ethyl adjacent to an activating group) is 1. The first-order valence-electron chi connectivity index (χ1n) is 6.69. The van der Waals surface area contributed by atoms with Gasteiger partial charge in [-0.3, -0.25) is 4.79 Å². The van der Waals surface area contributed by atoms with Gasteiger partial charge in [-0.2, -0.15) is 0 Å². The Balaban J connectivity index is 1.83. The van der Waals surface area contributed by atoms with E-state index in [9.17, 15) is 4.79 Å². The van der Waals surface area contributed by atoms with Crippen LogP contribution in [0, 0.1) is 0 Å². The predicted octanol–water partition coefficient (Wildman–Crippen LogP) is 0.486. The largest absolute Gasteiger partial charge is 0.372 e. The lowest BCUT2D eigenvalue weighted by Gasteiger charge is -2.19. The quantitative estimate of drug-likeness (QED) is 0.830. The summed E-state index contributed by atoms with van der Waals surface area (Å²) in [5.41, 5.74) is 0.741. The third-order valence-electron chi connectivity index (χ3n) is 3.30. The summed E-state index contributed by atoms with van der Waals surface area (Å²) in [5.74, 6) is 1.45. The van der Waals surface area contributed by atoms with Crippen molar-refractivity contribution >= 4 is 23.2 Å². The SMILES string of the molecule is CNc1cn2ccnc2c(N(C)CC(=O)NC2CC2)n1. The van der Waals surface area contributed by atoms with E-state index in [1.54, 1.807) is 6.20 Å². The fourth-order valence-electron chi connectivity index (χ4n) is 2.08. The van der Waals surface area contributed by atoms with Gasteiger partial charge in [-0.05, 0) is 12.8 Å². The maximum Gasteiger partial charge on any atom is 0.239 e. The van der Waals surface area contributed by atoms with Crippen LogP contribution in [0.3, 0.4) is 0 Å². The number of fused-ring (bicyclic) bond motifs is 1. The number of anilines is 2. The predicted molar refractivity (Wildman–Crippen MR) is 77.0 cm³/mol. The summed E-state index contributed by atoms with van der Waals surface area (Å²) < 4.78 is 1.89. The van der Waals surface area contributed by atoms with E-state index < -0.39 is 0 Å². The number of carbonyl (C=O) groups is 1. The Bertz CT molecular complexity index is 633. The number of amides is 1. The molecule has 1 aliphatic carbocycles. The van der Waals surface area contributed by atoms with Crippen molar-refractivity contribution in [3.05, 3.63) is 18.6 Å². The Hall–Kier alpha value is -2.31. The molecule has 2 heterocycles. The minimum absolute atomic E-state index is 0.0244. The van der Waals surface area contributed by atoms with Crippen molar-refractivity contribution in [1.29, 1.82) is 0 Å². The summed E-state index contributed by atoms with van der Waals surface area (Å²) in [5, 5.41) is 5.99. The first-order chi connectivity index (χ1) is 9.67. The molecule has 2 N–H and O–H groups in total. The molecule has 0 atom stereocenters. The van der Waals surface area contributed by atoms with Crippen LogP contribution in [0.5, 0.6) is 0 Å². The average Bonchev–Trinajstić information content (AvgIpc) is 3.11. The Labute approximate surface area is 117 Å². The summed E-state index contributed by atoms with van der Waals surface area (Å²) >= 11 is 0. The minimum atomic E-state index is 0.0244. The number of carbonyl (C=O) groups excluding carboxylic acids is 1. The van der Waals surface area contributed by atoms with E-state index in [0.29, 0.717) is 11.9 Å². The molecular formula is C13H18N6O. The number of aromatic nitrogens is 3. The number of imidazole rings is 1. The molecule has 7 nitrogen and oxygen atoms in total. The highest BCUT2D eigenvalue weighted by atomic mass is 16.2. The van der Waals surface area contributed by atoms with Gasteiger partial charge in [-0.25, -0.2) is 9.97 Å². The zero-order chi connectivity index (χ0) is 14.1. The van der Waals surface area contributed by atoms with Gasteiger partial charge in [0.1, 0.15) is 5.82 Å². The highest BCUT2D eigenvalue weighted by Crippen LogP contribution is 2.20. The molecule has 0 aliphatic heterocycles. The molecule has 1 saturated carbocycles. The van der Waals surface area contributed by atoms with Crippen LogP contribution in [0.25, 0.3) is 5.65 Å². The summed E-state index contributed by atoms with van der Waals surface area (Å²) in [6, 6.07) is 0.374.